The number of nitrogens with one attached hydrogen (secondary N) is 1. The van der Waals surface area contributed by atoms with Gasteiger partial charge in [-0.05, 0) is 141 Å². The van der Waals surface area contributed by atoms with Crippen LogP contribution in [-0.2, 0) is 39.8 Å². The standard InChI is InChI=1S/C56H87NO16/c1-27-17-22-56(51(66)57-25-31-11-13-32(67-10)14-12-31)24-23-54(8)33(38(56)28(27)2)15-16-36-53(7)20-19-37(52(5,6)35(53)18-21-55(36,54)9)71-50-47(73-49-44(64)42(62)40(60)30(4)69-49)45(65)46(34(26-58)70-50)72-48-43(63)41(61)39(59)29(3)68-48/h11-15,27-30,34-50,58-65H,16-26H2,1-10H3,(H,57,66)/t27-,28+,29+,30+,34-,35+,36-,37+,38+,39+,40+,41-,42-,43-,44-,45+,46-,47-,48+,49+,50+,53+,54-,55-,56+/m1/s1. The molecule has 17 heteroatoms. The Morgan fingerprint density at radius 2 is 1.29 bits per heavy atom. The lowest BCUT2D eigenvalue weighted by Gasteiger charge is -2.71. The van der Waals surface area contributed by atoms with Crippen molar-refractivity contribution >= 4 is 5.91 Å². The molecular formula is C56H87NO16. The number of amides is 1. The zero-order chi connectivity index (χ0) is 52.9. The van der Waals surface area contributed by atoms with Crippen LogP contribution in [0.3, 0.4) is 0 Å². The van der Waals surface area contributed by atoms with Gasteiger partial charge in [0.1, 0.15) is 66.8 Å². The molecule has 412 valence electrons. The summed E-state index contributed by atoms with van der Waals surface area (Å²) in [5.74, 6) is 2.48. The van der Waals surface area contributed by atoms with Gasteiger partial charge in [-0.15, -0.1) is 0 Å². The Kier molecular flexibility index (Phi) is 15.5. The zero-order valence-corrected chi connectivity index (χ0v) is 44.6. The number of methoxy groups -OCH3 is 1. The Balaban J connectivity index is 0.968. The molecule has 9 N–H and O–H groups in total. The number of hydrogen-bond donors (Lipinski definition) is 9. The molecule has 0 radical (unpaired) electrons. The van der Waals surface area contributed by atoms with Gasteiger partial charge in [-0.25, -0.2) is 0 Å². The molecule has 0 aromatic heterocycles. The normalized spacial score (nSPS) is 50.5. The Labute approximate surface area is 431 Å². The number of rotatable bonds is 11. The average Bonchev–Trinajstić information content (AvgIpc) is 3.36. The van der Waals surface area contributed by atoms with E-state index in [-0.39, 0.29) is 34.0 Å². The number of allylic oxidation sites excluding steroid dienone is 2. The molecular weight excluding hydrogens is 943 g/mol. The third-order valence-corrected chi connectivity index (χ3v) is 21.3. The van der Waals surface area contributed by atoms with Crippen molar-refractivity contribution in [1.82, 2.24) is 5.32 Å². The van der Waals surface area contributed by atoms with Crippen LogP contribution in [0.4, 0.5) is 0 Å². The topological polar surface area (TPSA) is 256 Å². The van der Waals surface area contributed by atoms with Gasteiger partial charge in [-0.1, -0.05) is 72.2 Å². The third kappa shape index (κ3) is 9.06. The van der Waals surface area contributed by atoms with Gasteiger partial charge >= 0.3 is 0 Å². The Bertz CT molecular complexity index is 2140. The fourth-order valence-corrected chi connectivity index (χ4v) is 16.4. The highest BCUT2D eigenvalue weighted by Crippen LogP contribution is 2.76. The molecule has 8 aliphatic rings. The van der Waals surface area contributed by atoms with Crippen LogP contribution in [-0.4, -0.2) is 159 Å². The quantitative estimate of drug-likeness (QED) is 0.113. The van der Waals surface area contributed by atoms with Crippen molar-refractivity contribution in [3.63, 3.8) is 0 Å². The summed E-state index contributed by atoms with van der Waals surface area (Å²) in [6, 6.07) is 7.90. The summed E-state index contributed by atoms with van der Waals surface area (Å²) in [5, 5.41) is 90.6. The van der Waals surface area contributed by atoms with Crippen molar-refractivity contribution in [2.45, 2.75) is 225 Å². The number of hydrogen-bond acceptors (Lipinski definition) is 16. The summed E-state index contributed by atoms with van der Waals surface area (Å²) in [5.41, 5.74) is 1.34. The summed E-state index contributed by atoms with van der Waals surface area (Å²) >= 11 is 0. The van der Waals surface area contributed by atoms with Gasteiger partial charge < -0.3 is 79.3 Å². The molecule has 3 heterocycles. The van der Waals surface area contributed by atoms with E-state index in [9.17, 15) is 45.6 Å². The molecule has 1 aromatic rings. The first-order valence-electron chi connectivity index (χ1n) is 27.3. The Morgan fingerprint density at radius 1 is 0.671 bits per heavy atom. The van der Waals surface area contributed by atoms with Crippen molar-refractivity contribution < 1.29 is 78.8 Å². The maximum absolute atomic E-state index is 14.8. The molecule has 0 bridgehead atoms. The maximum atomic E-state index is 14.8. The largest absolute Gasteiger partial charge is 0.497 e. The van der Waals surface area contributed by atoms with Gasteiger partial charge in [0.25, 0.3) is 0 Å². The molecule has 1 amide bonds. The van der Waals surface area contributed by atoms with Crippen LogP contribution in [0, 0.1) is 56.7 Å². The van der Waals surface area contributed by atoms with E-state index in [4.69, 9.17) is 33.2 Å². The van der Waals surface area contributed by atoms with E-state index >= 15 is 0 Å². The summed E-state index contributed by atoms with van der Waals surface area (Å²) in [6.45, 7) is 19.6. The van der Waals surface area contributed by atoms with Crippen molar-refractivity contribution in [2.24, 2.45) is 56.7 Å². The lowest BCUT2D eigenvalue weighted by molar-refractivity contribution is -0.393. The first-order chi connectivity index (χ1) is 34.4. The Hall–Kier alpha value is -2.33. The number of ether oxygens (including phenoxy) is 7. The third-order valence-electron chi connectivity index (χ3n) is 21.3. The van der Waals surface area contributed by atoms with Crippen LogP contribution in [0.25, 0.3) is 0 Å². The molecule has 3 aliphatic heterocycles. The van der Waals surface area contributed by atoms with Crippen molar-refractivity contribution in [3.05, 3.63) is 41.5 Å². The minimum absolute atomic E-state index is 0.0468. The van der Waals surface area contributed by atoms with Crippen LogP contribution in [0.15, 0.2) is 35.9 Å². The molecule has 4 saturated carbocycles. The minimum Gasteiger partial charge on any atom is -0.497 e. The zero-order valence-electron chi connectivity index (χ0n) is 44.6. The van der Waals surface area contributed by atoms with E-state index in [0.29, 0.717) is 30.7 Å². The van der Waals surface area contributed by atoms with E-state index in [0.717, 1.165) is 62.7 Å². The summed E-state index contributed by atoms with van der Waals surface area (Å²) in [7, 11) is 1.65. The van der Waals surface area contributed by atoms with Crippen LogP contribution in [0.2, 0.25) is 0 Å². The highest BCUT2D eigenvalue weighted by Gasteiger charge is 2.70. The minimum atomic E-state index is -1.74. The molecule has 73 heavy (non-hydrogen) atoms. The molecule has 0 unspecified atom stereocenters. The van der Waals surface area contributed by atoms with Crippen molar-refractivity contribution in [3.8, 4) is 5.75 Å². The fourth-order valence-electron chi connectivity index (χ4n) is 16.4. The molecule has 0 spiro atoms. The molecule has 1 aromatic carbocycles. The molecule has 25 atom stereocenters. The van der Waals surface area contributed by atoms with Gasteiger partial charge in [0.15, 0.2) is 18.9 Å². The second-order valence-corrected chi connectivity index (χ2v) is 25.1. The Morgan fingerprint density at radius 3 is 1.89 bits per heavy atom. The maximum Gasteiger partial charge on any atom is 0.227 e. The highest BCUT2D eigenvalue weighted by molar-refractivity contribution is 5.84. The first kappa shape index (κ1) is 55.4. The van der Waals surface area contributed by atoms with Gasteiger partial charge in [-0.2, -0.15) is 0 Å². The van der Waals surface area contributed by atoms with Crippen molar-refractivity contribution in [1.29, 1.82) is 0 Å². The predicted octanol–water partition coefficient (Wildman–Crippen LogP) is 3.86. The smallest absolute Gasteiger partial charge is 0.227 e. The summed E-state index contributed by atoms with van der Waals surface area (Å²) < 4.78 is 42.8. The lowest BCUT2D eigenvalue weighted by Crippen LogP contribution is -2.68. The van der Waals surface area contributed by atoms with Crippen LogP contribution >= 0.6 is 0 Å². The molecule has 9 rings (SSSR count). The second-order valence-electron chi connectivity index (χ2n) is 25.1. The number of aliphatic hydroxyl groups excluding tert-OH is 8. The second kappa shape index (κ2) is 20.5. The van der Waals surface area contributed by atoms with Crippen LogP contribution in [0.1, 0.15) is 126 Å². The number of carbonyl (C=O) groups is 1. The number of carbonyl (C=O) groups excluding carboxylic acids is 1. The van der Waals surface area contributed by atoms with E-state index in [1.165, 1.54) is 19.4 Å². The first-order valence-corrected chi connectivity index (χ1v) is 27.3. The van der Waals surface area contributed by atoms with Gasteiger partial charge in [-0.3, -0.25) is 4.79 Å². The summed E-state index contributed by atoms with van der Waals surface area (Å²) in [4.78, 5) is 14.8. The van der Waals surface area contributed by atoms with E-state index in [1.807, 2.05) is 24.3 Å². The SMILES string of the molecule is COc1ccc(CNC(=O)[C@]23CC[C@@H](C)[C@H](C)[C@H]2C2=CC[C@@H]4[C@@]5(C)CC[C@H](O[C@@H]6O[C@H](CO)[C@@H](O[C@@H]7O[C@@H](C)[C@H](O)[C@@H](O)[C@H]7O)[C@H](O)[C@H]6O[C@@H]6O[C@@H](C)[C@H](O)[C@@H](O)[C@H]6O)C(C)(C)[C@@H]5CC[C@@]4(C)[C@]2(C)CC3)cc1. The molecule has 7 fully saturated rings. The van der Waals surface area contributed by atoms with E-state index in [1.54, 1.807) is 7.11 Å². The predicted molar refractivity (Wildman–Crippen MR) is 265 cm³/mol. The van der Waals surface area contributed by atoms with E-state index in [2.05, 4.69) is 59.9 Å². The number of aliphatic hydroxyl groups is 8. The van der Waals surface area contributed by atoms with Crippen LogP contribution < -0.4 is 10.1 Å². The number of benzene rings is 1. The number of fused-ring (bicyclic) bond motifs is 7. The molecule has 5 aliphatic carbocycles. The highest BCUT2D eigenvalue weighted by atomic mass is 16.8. The van der Waals surface area contributed by atoms with Gasteiger partial charge in [0, 0.05) is 6.54 Å². The lowest BCUT2D eigenvalue weighted by atomic mass is 9.33. The van der Waals surface area contributed by atoms with Gasteiger partial charge in [0.2, 0.25) is 5.91 Å². The summed E-state index contributed by atoms with van der Waals surface area (Å²) in [6.07, 6.45) is -11.8. The average molecular weight is 1030 g/mol. The van der Waals surface area contributed by atoms with E-state index < -0.39 is 116 Å². The molecule has 3 saturated heterocycles. The van der Waals surface area contributed by atoms with Gasteiger partial charge in [0.05, 0.1) is 37.4 Å². The van der Waals surface area contributed by atoms with Crippen molar-refractivity contribution in [2.75, 3.05) is 13.7 Å². The van der Waals surface area contributed by atoms with Crippen LogP contribution in [0.5, 0.6) is 5.75 Å². The fraction of sp³-hybridized carbons (Fsp3) is 0.839. The molecule has 17 nitrogen and oxygen atoms in total. The monoisotopic (exact) mass is 1030 g/mol.